The van der Waals surface area contributed by atoms with Crippen molar-refractivity contribution in [2.24, 2.45) is 0 Å². The van der Waals surface area contributed by atoms with Crippen molar-refractivity contribution in [3.63, 3.8) is 0 Å². The van der Waals surface area contributed by atoms with Crippen LogP contribution in [0.25, 0.3) is 10.2 Å². The molecule has 35 heavy (non-hydrogen) atoms. The van der Waals surface area contributed by atoms with Gasteiger partial charge in [-0.15, -0.1) is 23.1 Å². The number of fused-ring (bicyclic) bond motifs is 1. The molecule has 0 aliphatic carbocycles. The number of para-hydroxylation sites is 1. The summed E-state index contributed by atoms with van der Waals surface area (Å²) in [5.41, 5.74) is 2.88. The zero-order valence-electron chi connectivity index (χ0n) is 20.3. The molecular formula is C26H29N3O4S2. The van der Waals surface area contributed by atoms with Gasteiger partial charge in [-0.1, -0.05) is 19.1 Å². The van der Waals surface area contributed by atoms with E-state index in [-0.39, 0.29) is 17.2 Å². The van der Waals surface area contributed by atoms with Crippen molar-refractivity contribution in [3.05, 3.63) is 57.4 Å². The minimum absolute atomic E-state index is 0.0531. The summed E-state index contributed by atoms with van der Waals surface area (Å²) in [6.45, 7) is 5.17. The number of carbonyl (C=O) groups is 1. The monoisotopic (exact) mass is 511 g/mol. The normalized spacial score (nSPS) is 20.1. The number of nitrogens with one attached hydrogen (secondary N) is 1. The number of ether oxygens (including phenoxy) is 3. The maximum absolute atomic E-state index is 13.5. The molecule has 2 aliphatic rings. The Morgan fingerprint density at radius 3 is 2.54 bits per heavy atom. The van der Waals surface area contributed by atoms with E-state index in [9.17, 15) is 4.79 Å². The van der Waals surface area contributed by atoms with Gasteiger partial charge in [-0.2, -0.15) is 0 Å². The van der Waals surface area contributed by atoms with Crippen LogP contribution in [0, 0.1) is 0 Å². The highest BCUT2D eigenvalue weighted by molar-refractivity contribution is 8.04. The lowest BCUT2D eigenvalue weighted by atomic mass is 9.93. The largest absolute Gasteiger partial charge is 0.493 e. The quantitative estimate of drug-likeness (QED) is 0.484. The average Bonchev–Trinajstić information content (AvgIpc) is 3.47. The van der Waals surface area contributed by atoms with Crippen LogP contribution in [0.5, 0.6) is 17.2 Å². The van der Waals surface area contributed by atoms with Crippen LogP contribution in [0.4, 0.5) is 0 Å². The van der Waals surface area contributed by atoms with Crippen LogP contribution in [-0.2, 0) is 0 Å². The molecule has 3 aromatic rings. The van der Waals surface area contributed by atoms with Crippen molar-refractivity contribution < 1.29 is 19.0 Å². The Hall–Kier alpha value is -2.75. The van der Waals surface area contributed by atoms with E-state index < -0.39 is 0 Å². The number of thiazole rings is 1. The zero-order valence-corrected chi connectivity index (χ0v) is 21.9. The van der Waals surface area contributed by atoms with Crippen molar-refractivity contribution in [2.45, 2.75) is 24.6 Å². The Balaban J connectivity index is 1.48. The Morgan fingerprint density at radius 2 is 1.89 bits per heavy atom. The highest BCUT2D eigenvalue weighted by Gasteiger charge is 2.41. The fourth-order valence-electron chi connectivity index (χ4n) is 4.76. The topological polar surface area (TPSA) is 72.9 Å². The standard InChI is InChI=1S/C26H29N3O4S2/c1-5-29-11-10-16-21(14-29)35-26(22(16)25-27-17-8-6-7-9-20(17)34-25)28-24(30)15-12-18(31-2)23(33-4)19(13-15)32-3/h6-9,12-13,22,26H,5,10-11,14H2,1-4H3,(H,28,30). The first-order chi connectivity index (χ1) is 17.1. The average molecular weight is 512 g/mol. The molecule has 0 radical (unpaired) electrons. The van der Waals surface area contributed by atoms with Gasteiger partial charge in [0.1, 0.15) is 5.01 Å². The molecule has 3 heterocycles. The first-order valence-corrected chi connectivity index (χ1v) is 13.3. The molecule has 0 saturated heterocycles. The summed E-state index contributed by atoms with van der Waals surface area (Å²) in [5, 5.41) is 4.22. The molecule has 1 aromatic heterocycles. The lowest BCUT2D eigenvalue weighted by Crippen LogP contribution is -2.36. The number of hydrogen-bond acceptors (Lipinski definition) is 8. The number of benzene rings is 2. The Kier molecular flexibility index (Phi) is 6.91. The second-order valence-electron chi connectivity index (χ2n) is 8.49. The van der Waals surface area contributed by atoms with Crippen LogP contribution in [0.1, 0.15) is 34.6 Å². The SMILES string of the molecule is CCN1CCC2=C(C1)SC(NC(=O)c1cc(OC)c(OC)c(OC)c1)C2c1nc2ccccc2s1. The molecule has 2 unspecified atom stereocenters. The summed E-state index contributed by atoms with van der Waals surface area (Å²) in [4.78, 5) is 22.3. The van der Waals surface area contributed by atoms with Gasteiger partial charge in [-0.3, -0.25) is 9.69 Å². The first kappa shape index (κ1) is 24.0. The molecule has 0 spiro atoms. The number of methoxy groups -OCH3 is 3. The van der Waals surface area contributed by atoms with Gasteiger partial charge in [-0.25, -0.2) is 4.98 Å². The second-order valence-corrected chi connectivity index (χ2v) is 10.8. The van der Waals surface area contributed by atoms with Gasteiger partial charge in [0, 0.05) is 23.6 Å². The minimum atomic E-state index is -0.181. The van der Waals surface area contributed by atoms with Crippen LogP contribution >= 0.6 is 23.1 Å². The van der Waals surface area contributed by atoms with Gasteiger partial charge in [0.2, 0.25) is 5.75 Å². The smallest absolute Gasteiger partial charge is 0.252 e. The molecular weight excluding hydrogens is 482 g/mol. The molecule has 184 valence electrons. The minimum Gasteiger partial charge on any atom is -0.493 e. The van der Waals surface area contributed by atoms with Gasteiger partial charge in [0.15, 0.2) is 11.5 Å². The molecule has 9 heteroatoms. The summed E-state index contributed by atoms with van der Waals surface area (Å²) in [6.07, 6.45) is 0.993. The number of hydrogen-bond donors (Lipinski definition) is 1. The van der Waals surface area contributed by atoms with E-state index in [1.807, 2.05) is 12.1 Å². The number of aromatic nitrogens is 1. The van der Waals surface area contributed by atoms with E-state index in [1.165, 1.54) is 15.2 Å². The molecule has 5 rings (SSSR count). The number of carbonyl (C=O) groups excluding carboxylic acids is 1. The van der Waals surface area contributed by atoms with Crippen LogP contribution in [0.15, 0.2) is 46.9 Å². The predicted octanol–water partition coefficient (Wildman–Crippen LogP) is 4.89. The lowest BCUT2D eigenvalue weighted by molar-refractivity contribution is 0.0947. The zero-order chi connectivity index (χ0) is 24.5. The Bertz CT molecular complexity index is 1230. The number of amides is 1. The summed E-state index contributed by atoms with van der Waals surface area (Å²) < 4.78 is 17.5. The van der Waals surface area contributed by atoms with Crippen molar-refractivity contribution in [1.82, 2.24) is 15.2 Å². The third kappa shape index (κ3) is 4.48. The van der Waals surface area contributed by atoms with E-state index in [0.29, 0.717) is 22.8 Å². The van der Waals surface area contributed by atoms with E-state index in [2.05, 4.69) is 29.3 Å². The van der Waals surface area contributed by atoms with Gasteiger partial charge in [-0.05, 0) is 42.8 Å². The van der Waals surface area contributed by atoms with Gasteiger partial charge in [0.25, 0.3) is 5.91 Å². The highest BCUT2D eigenvalue weighted by Crippen LogP contribution is 2.51. The molecule has 0 saturated carbocycles. The second kappa shape index (κ2) is 10.1. The van der Waals surface area contributed by atoms with Crippen molar-refractivity contribution in [3.8, 4) is 17.2 Å². The third-order valence-corrected chi connectivity index (χ3v) is 9.03. The first-order valence-electron chi connectivity index (χ1n) is 11.6. The van der Waals surface area contributed by atoms with Crippen LogP contribution in [0.2, 0.25) is 0 Å². The molecule has 1 N–H and O–H groups in total. The summed E-state index contributed by atoms with van der Waals surface area (Å²) in [6, 6.07) is 11.6. The van der Waals surface area contributed by atoms with Gasteiger partial charge < -0.3 is 19.5 Å². The number of rotatable bonds is 7. The van der Waals surface area contributed by atoms with E-state index in [4.69, 9.17) is 19.2 Å². The molecule has 0 fully saturated rings. The fraction of sp³-hybridized carbons (Fsp3) is 0.385. The molecule has 0 bridgehead atoms. The van der Waals surface area contributed by atoms with Crippen LogP contribution in [-0.4, -0.2) is 62.1 Å². The van der Waals surface area contributed by atoms with Crippen molar-refractivity contribution in [2.75, 3.05) is 41.0 Å². The highest BCUT2D eigenvalue weighted by atomic mass is 32.2. The summed E-state index contributed by atoms with van der Waals surface area (Å²) in [5.74, 6) is 1.24. The van der Waals surface area contributed by atoms with E-state index in [0.717, 1.165) is 36.6 Å². The predicted molar refractivity (Wildman–Crippen MR) is 141 cm³/mol. The Labute approximate surface area is 213 Å². The maximum atomic E-state index is 13.5. The van der Waals surface area contributed by atoms with Crippen LogP contribution < -0.4 is 19.5 Å². The summed E-state index contributed by atoms with van der Waals surface area (Å²) in [7, 11) is 4.65. The molecule has 2 aliphatic heterocycles. The number of nitrogens with zero attached hydrogens (tertiary/aromatic N) is 2. The molecule has 1 amide bonds. The maximum Gasteiger partial charge on any atom is 0.252 e. The van der Waals surface area contributed by atoms with Crippen molar-refractivity contribution in [1.29, 1.82) is 0 Å². The van der Waals surface area contributed by atoms with Gasteiger partial charge >= 0.3 is 0 Å². The van der Waals surface area contributed by atoms with Gasteiger partial charge in [0.05, 0.1) is 42.8 Å². The van der Waals surface area contributed by atoms with E-state index >= 15 is 0 Å². The summed E-state index contributed by atoms with van der Waals surface area (Å²) >= 11 is 3.48. The number of thioether (sulfide) groups is 1. The molecule has 2 aromatic carbocycles. The fourth-order valence-corrected chi connectivity index (χ4v) is 7.52. The Morgan fingerprint density at radius 1 is 1.14 bits per heavy atom. The molecule has 2 atom stereocenters. The van der Waals surface area contributed by atoms with Crippen LogP contribution in [0.3, 0.4) is 0 Å². The molecule has 7 nitrogen and oxygen atoms in total. The lowest BCUT2D eigenvalue weighted by Gasteiger charge is -2.27. The van der Waals surface area contributed by atoms with Crippen molar-refractivity contribution >= 4 is 39.2 Å². The number of likely N-dealkylation sites (N-methyl/N-ethyl adjacent to an activating group) is 1. The van der Waals surface area contributed by atoms with E-state index in [1.54, 1.807) is 56.6 Å². The third-order valence-electron chi connectivity index (χ3n) is 6.59.